The zero-order valence-corrected chi connectivity index (χ0v) is 12.2. The Labute approximate surface area is 115 Å². The number of sulfonamides is 1. The van der Waals surface area contributed by atoms with Crippen LogP contribution in [0.25, 0.3) is 0 Å². The molecule has 0 bridgehead atoms. The van der Waals surface area contributed by atoms with Gasteiger partial charge in [0, 0.05) is 13.1 Å². The fourth-order valence-corrected chi connectivity index (χ4v) is 3.87. The standard InChI is InChI=1S/C14H21NO3S/c1-18-13-7-9-14(10-8-13)19(16,17)15-11-5-3-2-4-6-12-15/h7-10H,2-6,11-12H2,1H3. The lowest BCUT2D eigenvalue weighted by atomic mass is 10.1. The fourth-order valence-electron chi connectivity index (χ4n) is 2.36. The third kappa shape index (κ3) is 3.48. The zero-order valence-electron chi connectivity index (χ0n) is 11.3. The second kappa shape index (κ2) is 6.39. The first-order valence-electron chi connectivity index (χ1n) is 6.79. The largest absolute Gasteiger partial charge is 0.497 e. The summed E-state index contributed by atoms with van der Waals surface area (Å²) in [6, 6.07) is 6.62. The first-order chi connectivity index (χ1) is 9.14. The predicted octanol–water partition coefficient (Wildman–Crippen LogP) is 2.65. The number of hydrogen-bond donors (Lipinski definition) is 0. The van der Waals surface area contributed by atoms with Crippen molar-refractivity contribution in [1.29, 1.82) is 0 Å². The molecule has 0 aromatic heterocycles. The average Bonchev–Trinajstić information content (AvgIpc) is 2.38. The summed E-state index contributed by atoms with van der Waals surface area (Å²) >= 11 is 0. The number of rotatable bonds is 3. The maximum atomic E-state index is 12.5. The molecule has 0 N–H and O–H groups in total. The normalized spacial score (nSPS) is 18.6. The minimum Gasteiger partial charge on any atom is -0.497 e. The SMILES string of the molecule is COc1ccc(S(=O)(=O)N2CCCCCCC2)cc1. The predicted molar refractivity (Wildman–Crippen MR) is 74.8 cm³/mol. The van der Waals surface area contributed by atoms with Gasteiger partial charge in [0.1, 0.15) is 5.75 Å². The van der Waals surface area contributed by atoms with Crippen molar-refractivity contribution in [3.05, 3.63) is 24.3 Å². The number of methoxy groups -OCH3 is 1. The van der Waals surface area contributed by atoms with Gasteiger partial charge in [-0.3, -0.25) is 0 Å². The van der Waals surface area contributed by atoms with Crippen LogP contribution in [0.4, 0.5) is 0 Å². The molecule has 0 saturated carbocycles. The quantitative estimate of drug-likeness (QED) is 0.856. The van der Waals surface area contributed by atoms with Crippen molar-refractivity contribution >= 4 is 10.0 Å². The Morgan fingerprint density at radius 1 is 0.947 bits per heavy atom. The Bertz CT molecular complexity index is 488. The highest BCUT2D eigenvalue weighted by Gasteiger charge is 2.24. The van der Waals surface area contributed by atoms with E-state index in [1.807, 2.05) is 0 Å². The van der Waals surface area contributed by atoms with Crippen molar-refractivity contribution in [1.82, 2.24) is 4.31 Å². The van der Waals surface area contributed by atoms with Crippen molar-refractivity contribution < 1.29 is 13.2 Å². The summed E-state index contributed by atoms with van der Waals surface area (Å²) in [5.41, 5.74) is 0. The molecular weight excluding hydrogens is 262 g/mol. The van der Waals surface area contributed by atoms with Crippen molar-refractivity contribution in [2.45, 2.75) is 37.0 Å². The lowest BCUT2D eigenvalue weighted by Gasteiger charge is -2.24. The highest BCUT2D eigenvalue weighted by molar-refractivity contribution is 7.89. The van der Waals surface area contributed by atoms with Crippen LogP contribution in [-0.4, -0.2) is 32.9 Å². The van der Waals surface area contributed by atoms with E-state index in [0.29, 0.717) is 23.7 Å². The van der Waals surface area contributed by atoms with E-state index in [9.17, 15) is 8.42 Å². The average molecular weight is 283 g/mol. The summed E-state index contributed by atoms with van der Waals surface area (Å²) < 4.78 is 31.7. The molecule has 19 heavy (non-hydrogen) atoms. The van der Waals surface area contributed by atoms with E-state index in [1.165, 1.54) is 6.42 Å². The molecule has 1 aliphatic rings. The van der Waals surface area contributed by atoms with Gasteiger partial charge in [-0.1, -0.05) is 19.3 Å². The molecule has 0 amide bonds. The molecule has 1 saturated heterocycles. The minimum atomic E-state index is -3.35. The third-order valence-electron chi connectivity index (χ3n) is 3.51. The van der Waals surface area contributed by atoms with Crippen LogP contribution in [0, 0.1) is 0 Å². The van der Waals surface area contributed by atoms with Gasteiger partial charge in [-0.05, 0) is 37.1 Å². The van der Waals surface area contributed by atoms with Crippen LogP contribution in [0.15, 0.2) is 29.2 Å². The summed E-state index contributed by atoms with van der Waals surface area (Å²) in [5, 5.41) is 0. The van der Waals surface area contributed by atoms with Crippen molar-refractivity contribution in [2.24, 2.45) is 0 Å². The number of nitrogens with zero attached hydrogens (tertiary/aromatic N) is 1. The Hall–Kier alpha value is -1.07. The molecule has 0 spiro atoms. The van der Waals surface area contributed by atoms with E-state index >= 15 is 0 Å². The van der Waals surface area contributed by atoms with Crippen LogP contribution in [0.2, 0.25) is 0 Å². The van der Waals surface area contributed by atoms with Crippen LogP contribution < -0.4 is 4.74 Å². The highest BCUT2D eigenvalue weighted by Crippen LogP contribution is 2.22. The van der Waals surface area contributed by atoms with Crippen molar-refractivity contribution in [3.8, 4) is 5.75 Å². The number of hydrogen-bond acceptors (Lipinski definition) is 3. The summed E-state index contributed by atoms with van der Waals surface area (Å²) in [6.45, 7) is 1.27. The lowest BCUT2D eigenvalue weighted by molar-refractivity contribution is 0.364. The Balaban J connectivity index is 2.18. The van der Waals surface area contributed by atoms with E-state index < -0.39 is 10.0 Å². The maximum Gasteiger partial charge on any atom is 0.243 e. The number of benzene rings is 1. The van der Waals surface area contributed by atoms with Crippen molar-refractivity contribution in [2.75, 3.05) is 20.2 Å². The van der Waals surface area contributed by atoms with Gasteiger partial charge in [0.2, 0.25) is 10.0 Å². The molecule has 2 rings (SSSR count). The highest BCUT2D eigenvalue weighted by atomic mass is 32.2. The topological polar surface area (TPSA) is 46.6 Å². The van der Waals surface area contributed by atoms with Gasteiger partial charge < -0.3 is 4.74 Å². The van der Waals surface area contributed by atoms with Gasteiger partial charge in [-0.25, -0.2) is 8.42 Å². The molecule has 0 radical (unpaired) electrons. The smallest absolute Gasteiger partial charge is 0.243 e. The van der Waals surface area contributed by atoms with E-state index in [4.69, 9.17) is 4.74 Å². The maximum absolute atomic E-state index is 12.5. The molecule has 106 valence electrons. The van der Waals surface area contributed by atoms with Gasteiger partial charge >= 0.3 is 0 Å². The first kappa shape index (κ1) is 14.3. The van der Waals surface area contributed by atoms with Gasteiger partial charge in [-0.15, -0.1) is 0 Å². The molecule has 1 aromatic carbocycles. The van der Waals surface area contributed by atoms with Crippen LogP contribution in [0.5, 0.6) is 5.75 Å². The summed E-state index contributed by atoms with van der Waals surface area (Å²) in [4.78, 5) is 0.355. The van der Waals surface area contributed by atoms with Crippen LogP contribution in [-0.2, 0) is 10.0 Å². The summed E-state index contributed by atoms with van der Waals surface area (Å²) in [5.74, 6) is 0.673. The second-order valence-corrected chi connectivity index (χ2v) is 6.79. The molecule has 0 unspecified atom stereocenters. The molecule has 0 atom stereocenters. The van der Waals surface area contributed by atoms with Crippen molar-refractivity contribution in [3.63, 3.8) is 0 Å². The van der Waals surface area contributed by atoms with Crippen LogP contribution in [0.3, 0.4) is 0 Å². The van der Waals surface area contributed by atoms with Gasteiger partial charge in [0.25, 0.3) is 0 Å². The molecule has 1 aromatic rings. The lowest BCUT2D eigenvalue weighted by Crippen LogP contribution is -2.33. The molecular formula is C14H21NO3S. The third-order valence-corrected chi connectivity index (χ3v) is 5.43. The van der Waals surface area contributed by atoms with Gasteiger partial charge in [0.15, 0.2) is 0 Å². The van der Waals surface area contributed by atoms with Gasteiger partial charge in [0.05, 0.1) is 12.0 Å². The minimum absolute atomic E-state index is 0.355. The first-order valence-corrected chi connectivity index (χ1v) is 8.23. The molecule has 4 nitrogen and oxygen atoms in total. The Morgan fingerprint density at radius 3 is 2.00 bits per heavy atom. The monoisotopic (exact) mass is 283 g/mol. The molecule has 1 fully saturated rings. The van der Waals surface area contributed by atoms with E-state index in [1.54, 1.807) is 35.7 Å². The zero-order chi connectivity index (χ0) is 13.7. The molecule has 5 heteroatoms. The summed E-state index contributed by atoms with van der Waals surface area (Å²) in [6.07, 6.45) is 5.37. The van der Waals surface area contributed by atoms with E-state index in [2.05, 4.69) is 0 Å². The van der Waals surface area contributed by atoms with Gasteiger partial charge in [-0.2, -0.15) is 4.31 Å². The Morgan fingerprint density at radius 2 is 1.47 bits per heavy atom. The fraction of sp³-hybridized carbons (Fsp3) is 0.571. The molecule has 0 aliphatic carbocycles. The van der Waals surface area contributed by atoms with E-state index in [-0.39, 0.29) is 0 Å². The molecule has 1 aliphatic heterocycles. The number of ether oxygens (including phenoxy) is 1. The Kier molecular flexibility index (Phi) is 4.82. The van der Waals surface area contributed by atoms with Crippen LogP contribution in [0.1, 0.15) is 32.1 Å². The second-order valence-electron chi connectivity index (χ2n) is 4.85. The summed E-state index contributed by atoms with van der Waals surface area (Å²) in [7, 11) is -1.78. The van der Waals surface area contributed by atoms with Crippen LogP contribution >= 0.6 is 0 Å². The van der Waals surface area contributed by atoms with E-state index in [0.717, 1.165) is 25.7 Å². The molecule has 1 heterocycles.